The van der Waals surface area contributed by atoms with Crippen molar-refractivity contribution < 1.29 is 20.1 Å². The maximum absolute atomic E-state index is 10.2. The van der Waals surface area contributed by atoms with Gasteiger partial charge in [-0.15, -0.1) is 0 Å². The number of nitrogens with zero attached hydrogens (tertiary/aromatic N) is 4. The lowest BCUT2D eigenvalue weighted by molar-refractivity contribution is -0.0511. The molecule has 1 aliphatic heterocycles. The van der Waals surface area contributed by atoms with E-state index in [9.17, 15) is 15.3 Å². The molecule has 0 aromatic carbocycles. The molecule has 0 unspecified atom stereocenters. The van der Waals surface area contributed by atoms with E-state index in [1.165, 1.54) is 19.1 Å². The van der Waals surface area contributed by atoms with Crippen molar-refractivity contribution in [2.75, 3.05) is 20.2 Å². The van der Waals surface area contributed by atoms with Gasteiger partial charge >= 0.3 is 0 Å². The zero-order valence-corrected chi connectivity index (χ0v) is 15.0. The van der Waals surface area contributed by atoms with Gasteiger partial charge in [0, 0.05) is 0 Å². The van der Waals surface area contributed by atoms with E-state index in [1.807, 2.05) is 7.05 Å². The third-order valence-corrected chi connectivity index (χ3v) is 4.82. The summed E-state index contributed by atoms with van der Waals surface area (Å²) in [4.78, 5) is 13.0. The number of ether oxygens (including phenoxy) is 1. The molecule has 9 heteroatoms. The van der Waals surface area contributed by atoms with Crippen LogP contribution in [0.3, 0.4) is 0 Å². The van der Waals surface area contributed by atoms with Gasteiger partial charge in [0.1, 0.15) is 30.2 Å². The Morgan fingerprint density at radius 1 is 1.12 bits per heavy atom. The third kappa shape index (κ3) is 3.86. The molecule has 2 aromatic heterocycles. The second-order valence-corrected chi connectivity index (χ2v) is 6.64. The van der Waals surface area contributed by atoms with Crippen molar-refractivity contribution in [3.05, 3.63) is 18.3 Å². The first-order chi connectivity index (χ1) is 12.7. The minimum absolute atomic E-state index is 0.366. The molecule has 9 nitrogen and oxygen atoms in total. The smallest absolute Gasteiger partial charge is 0.165 e. The summed E-state index contributed by atoms with van der Waals surface area (Å²) < 4.78 is 7.16. The molecule has 3 rings (SSSR count). The van der Waals surface area contributed by atoms with Crippen LogP contribution in [-0.2, 0) is 11.2 Å². The standard InChI is InChI=1S/C17H27N5O4/c1-18-7-5-3-2-4-6-11-13-16(20-9-19-11)22(10-21-13)17-15(25)14(24)12(8-23)26-17/h9-10,12,14-15,17-18,23-25H,2-8H2,1H3/t12-,14-,15-,17-/m1/s1. The Morgan fingerprint density at radius 3 is 2.65 bits per heavy atom. The summed E-state index contributed by atoms with van der Waals surface area (Å²) in [6.45, 7) is 0.668. The van der Waals surface area contributed by atoms with Crippen LogP contribution in [0.2, 0.25) is 0 Å². The normalized spacial score (nSPS) is 26.0. The Labute approximate surface area is 152 Å². The number of imidazole rings is 1. The molecule has 4 atom stereocenters. The molecule has 0 amide bonds. The van der Waals surface area contributed by atoms with Gasteiger partial charge in [0.15, 0.2) is 11.9 Å². The highest BCUT2D eigenvalue weighted by molar-refractivity contribution is 5.73. The van der Waals surface area contributed by atoms with E-state index in [4.69, 9.17) is 4.74 Å². The Kier molecular flexibility index (Phi) is 6.49. The van der Waals surface area contributed by atoms with Gasteiger partial charge < -0.3 is 25.4 Å². The fourth-order valence-corrected chi connectivity index (χ4v) is 3.33. The average Bonchev–Trinajstić information content (AvgIpc) is 3.20. The molecule has 0 bridgehead atoms. The lowest BCUT2D eigenvalue weighted by atomic mass is 10.1. The summed E-state index contributed by atoms with van der Waals surface area (Å²) >= 11 is 0. The van der Waals surface area contributed by atoms with Crippen LogP contribution in [0.4, 0.5) is 0 Å². The molecule has 1 aliphatic rings. The van der Waals surface area contributed by atoms with Crippen molar-refractivity contribution >= 4 is 11.2 Å². The average molecular weight is 365 g/mol. The van der Waals surface area contributed by atoms with Crippen molar-refractivity contribution in [3.63, 3.8) is 0 Å². The molecule has 1 fully saturated rings. The fraction of sp³-hybridized carbons (Fsp3) is 0.706. The van der Waals surface area contributed by atoms with Crippen molar-refractivity contribution in [2.24, 2.45) is 0 Å². The molecule has 2 aromatic rings. The third-order valence-electron chi connectivity index (χ3n) is 4.82. The highest BCUT2D eigenvalue weighted by Gasteiger charge is 2.43. The van der Waals surface area contributed by atoms with Gasteiger partial charge in [0.25, 0.3) is 0 Å². The molecule has 1 saturated heterocycles. The second-order valence-electron chi connectivity index (χ2n) is 6.64. The summed E-state index contributed by atoms with van der Waals surface area (Å²) in [6, 6.07) is 0. The van der Waals surface area contributed by atoms with E-state index in [2.05, 4.69) is 20.3 Å². The first-order valence-corrected chi connectivity index (χ1v) is 9.10. The summed E-state index contributed by atoms with van der Waals surface area (Å²) in [5.74, 6) is 0. The van der Waals surface area contributed by atoms with Gasteiger partial charge in [-0.05, 0) is 32.9 Å². The number of aliphatic hydroxyl groups is 3. The minimum atomic E-state index is -1.16. The second kappa shape index (κ2) is 8.83. The van der Waals surface area contributed by atoms with Crippen molar-refractivity contribution in [1.29, 1.82) is 0 Å². The Bertz CT molecular complexity index is 710. The highest BCUT2D eigenvalue weighted by Crippen LogP contribution is 2.31. The molecule has 0 spiro atoms. The highest BCUT2D eigenvalue weighted by atomic mass is 16.6. The number of rotatable bonds is 9. The van der Waals surface area contributed by atoms with E-state index < -0.39 is 24.5 Å². The SMILES string of the molecule is CNCCCCCCc1ncnc2c1ncn2[C@@H]1O[C@H](CO)[C@@H](O)[C@H]1O. The van der Waals surface area contributed by atoms with E-state index >= 15 is 0 Å². The summed E-state index contributed by atoms with van der Waals surface area (Å²) in [6.07, 6.45) is 4.35. The number of hydrogen-bond donors (Lipinski definition) is 4. The molecular weight excluding hydrogens is 338 g/mol. The van der Waals surface area contributed by atoms with Gasteiger partial charge in [-0.1, -0.05) is 12.8 Å². The van der Waals surface area contributed by atoms with Crippen LogP contribution in [0.15, 0.2) is 12.7 Å². The number of nitrogens with one attached hydrogen (secondary N) is 1. The summed E-state index contributed by atoms with van der Waals surface area (Å²) in [7, 11) is 1.96. The van der Waals surface area contributed by atoms with Crippen LogP contribution < -0.4 is 5.32 Å². The van der Waals surface area contributed by atoms with E-state index in [-0.39, 0.29) is 6.61 Å². The van der Waals surface area contributed by atoms with Gasteiger partial charge in [-0.3, -0.25) is 4.57 Å². The molecule has 144 valence electrons. The van der Waals surface area contributed by atoms with E-state index in [0.29, 0.717) is 11.2 Å². The molecule has 3 heterocycles. The molecule has 0 aliphatic carbocycles. The topological polar surface area (TPSA) is 126 Å². The monoisotopic (exact) mass is 365 g/mol. The molecule has 0 radical (unpaired) electrons. The van der Waals surface area contributed by atoms with Crippen LogP contribution in [0.1, 0.15) is 37.6 Å². The van der Waals surface area contributed by atoms with Gasteiger partial charge in [0.05, 0.1) is 18.6 Å². The summed E-state index contributed by atoms with van der Waals surface area (Å²) in [5, 5.41) is 32.6. The predicted octanol–water partition coefficient (Wildman–Crippen LogP) is -0.240. The van der Waals surface area contributed by atoms with Gasteiger partial charge in [-0.25, -0.2) is 15.0 Å². The Balaban J connectivity index is 1.71. The van der Waals surface area contributed by atoms with E-state index in [1.54, 1.807) is 4.57 Å². The molecular formula is C17H27N5O4. The number of aromatic nitrogens is 4. The first-order valence-electron chi connectivity index (χ1n) is 9.10. The first kappa shape index (κ1) is 19.1. The van der Waals surface area contributed by atoms with Crippen LogP contribution in [0.5, 0.6) is 0 Å². The number of fused-ring (bicyclic) bond motifs is 1. The zero-order chi connectivity index (χ0) is 18.5. The molecule has 0 saturated carbocycles. The molecule has 4 N–H and O–H groups in total. The maximum Gasteiger partial charge on any atom is 0.165 e. The number of aryl methyl sites for hydroxylation is 1. The minimum Gasteiger partial charge on any atom is -0.394 e. The quantitative estimate of drug-likeness (QED) is 0.449. The molecule has 26 heavy (non-hydrogen) atoms. The largest absolute Gasteiger partial charge is 0.394 e. The Morgan fingerprint density at radius 2 is 1.92 bits per heavy atom. The van der Waals surface area contributed by atoms with Gasteiger partial charge in [-0.2, -0.15) is 0 Å². The lowest BCUT2D eigenvalue weighted by Gasteiger charge is -2.16. The number of aliphatic hydroxyl groups excluding tert-OH is 3. The lowest BCUT2D eigenvalue weighted by Crippen LogP contribution is -2.33. The van der Waals surface area contributed by atoms with Gasteiger partial charge in [0.2, 0.25) is 0 Å². The van der Waals surface area contributed by atoms with Crippen molar-refractivity contribution in [3.8, 4) is 0 Å². The Hall–Kier alpha value is -1.65. The van der Waals surface area contributed by atoms with Crippen LogP contribution in [0, 0.1) is 0 Å². The summed E-state index contributed by atoms with van der Waals surface area (Å²) in [5.41, 5.74) is 2.11. The number of unbranched alkanes of at least 4 members (excludes halogenated alkanes) is 3. The fourth-order valence-electron chi connectivity index (χ4n) is 3.33. The van der Waals surface area contributed by atoms with Crippen molar-refractivity contribution in [1.82, 2.24) is 24.8 Å². The van der Waals surface area contributed by atoms with Crippen molar-refractivity contribution in [2.45, 2.75) is 56.6 Å². The number of hydrogen-bond acceptors (Lipinski definition) is 8. The zero-order valence-electron chi connectivity index (χ0n) is 15.0. The van der Waals surface area contributed by atoms with E-state index in [0.717, 1.165) is 37.9 Å². The maximum atomic E-state index is 10.2. The van der Waals surface area contributed by atoms with Crippen LogP contribution >= 0.6 is 0 Å². The van der Waals surface area contributed by atoms with Crippen LogP contribution in [-0.4, -0.2) is 73.3 Å². The predicted molar refractivity (Wildman–Crippen MR) is 94.4 cm³/mol. The van der Waals surface area contributed by atoms with Crippen LogP contribution in [0.25, 0.3) is 11.2 Å².